The van der Waals surface area contributed by atoms with Crippen LogP contribution in [0.2, 0.25) is 0 Å². The molecule has 0 unspecified atom stereocenters. The van der Waals surface area contributed by atoms with Crippen LogP contribution in [-0.2, 0) is 19.0 Å². The Balaban J connectivity index is 0.00000151. The van der Waals surface area contributed by atoms with Gasteiger partial charge in [0.2, 0.25) is 0 Å². The fourth-order valence-electron chi connectivity index (χ4n) is 2.22. The Bertz CT molecular complexity index is 592. The number of para-hydroxylation sites is 1. The van der Waals surface area contributed by atoms with E-state index in [1.54, 1.807) is 13.8 Å². The number of carbonyl (C=O) groups is 1. The molecule has 1 aliphatic heterocycles. The van der Waals surface area contributed by atoms with E-state index in [0.29, 0.717) is 19.0 Å². The van der Waals surface area contributed by atoms with E-state index in [1.807, 2.05) is 38.1 Å². The van der Waals surface area contributed by atoms with Crippen LogP contribution in [0.1, 0.15) is 52.9 Å². The van der Waals surface area contributed by atoms with Gasteiger partial charge in [-0.25, -0.2) is 0 Å². The van der Waals surface area contributed by atoms with Gasteiger partial charge in [0.25, 0.3) is 0 Å². The molecule has 0 radical (unpaired) electrons. The molecule has 0 N–H and O–H groups in total. The summed E-state index contributed by atoms with van der Waals surface area (Å²) in [5.74, 6) is 6.08. The summed E-state index contributed by atoms with van der Waals surface area (Å²) in [7, 11) is 0. The van der Waals surface area contributed by atoms with Crippen molar-refractivity contribution >= 4 is 5.97 Å². The Kier molecular flexibility index (Phi) is 9.04. The van der Waals surface area contributed by atoms with Crippen molar-refractivity contribution in [1.82, 2.24) is 0 Å². The molecule has 0 bridgehead atoms. The minimum Gasteiger partial charge on any atom is -0.480 e. The molecule has 0 saturated carbocycles. The predicted octanol–water partition coefficient (Wildman–Crippen LogP) is 3.87. The van der Waals surface area contributed by atoms with E-state index in [4.69, 9.17) is 18.9 Å². The van der Waals surface area contributed by atoms with Gasteiger partial charge in [-0.2, -0.15) is 0 Å². The maximum Gasteiger partial charge on any atom is 0.304 e. The molecular formula is C20H28O5. The molecule has 1 fully saturated rings. The first-order valence-corrected chi connectivity index (χ1v) is 8.62. The lowest BCUT2D eigenvalue weighted by molar-refractivity contribution is -0.183. The van der Waals surface area contributed by atoms with Crippen LogP contribution in [0.15, 0.2) is 24.3 Å². The molecule has 5 heteroatoms. The van der Waals surface area contributed by atoms with Crippen LogP contribution in [-0.4, -0.2) is 31.4 Å². The molecule has 1 saturated heterocycles. The largest absolute Gasteiger partial charge is 0.480 e. The van der Waals surface area contributed by atoms with Crippen molar-refractivity contribution in [3.8, 4) is 17.6 Å². The third-order valence-corrected chi connectivity index (χ3v) is 3.09. The van der Waals surface area contributed by atoms with Gasteiger partial charge in [0.05, 0.1) is 13.2 Å². The average Bonchev–Trinajstić information content (AvgIpc) is 2.60. The summed E-state index contributed by atoms with van der Waals surface area (Å²) in [5.41, 5.74) is 0.0258. The molecule has 1 heterocycles. The predicted molar refractivity (Wildman–Crippen MR) is 96.2 cm³/mol. The van der Waals surface area contributed by atoms with Crippen LogP contribution < -0.4 is 4.74 Å². The number of hydrogen-bond donors (Lipinski definition) is 0. The summed E-state index contributed by atoms with van der Waals surface area (Å²) in [4.78, 5) is 11.0. The Morgan fingerprint density at radius 1 is 1.24 bits per heavy atom. The number of hydrogen-bond acceptors (Lipinski definition) is 5. The normalized spacial score (nSPS) is 14.4. The average molecular weight is 348 g/mol. The Morgan fingerprint density at radius 3 is 2.52 bits per heavy atom. The molecule has 1 aromatic rings. The van der Waals surface area contributed by atoms with E-state index in [9.17, 15) is 4.79 Å². The summed E-state index contributed by atoms with van der Waals surface area (Å²) in [6.45, 7) is 10.4. The molecule has 0 amide bonds. The highest BCUT2D eigenvalue weighted by Gasteiger charge is 2.20. The summed E-state index contributed by atoms with van der Waals surface area (Å²) >= 11 is 0. The van der Waals surface area contributed by atoms with Gasteiger partial charge in [-0.1, -0.05) is 43.9 Å². The first-order chi connectivity index (χ1) is 12.0. The standard InChI is InChI=1S/C18H22O5.C2H6/c1-14(19)23-18(2,3)10-6-11-20-16-9-5-4-8-15(16)17-21-12-7-13-22-17;1-2/h4-5,8-9,17H,7,11-13H2,1-3H3;1-2H3. The van der Waals surface area contributed by atoms with E-state index in [-0.39, 0.29) is 12.6 Å². The molecule has 0 spiro atoms. The van der Waals surface area contributed by atoms with E-state index < -0.39 is 11.9 Å². The summed E-state index contributed by atoms with van der Waals surface area (Å²) in [6, 6.07) is 7.58. The van der Waals surface area contributed by atoms with E-state index >= 15 is 0 Å². The number of esters is 1. The highest BCUT2D eigenvalue weighted by molar-refractivity contribution is 5.67. The second-order valence-corrected chi connectivity index (χ2v) is 5.66. The zero-order chi connectivity index (χ0) is 18.7. The molecule has 1 aliphatic rings. The quantitative estimate of drug-likeness (QED) is 0.611. The fraction of sp³-hybridized carbons (Fsp3) is 0.550. The van der Waals surface area contributed by atoms with Crippen molar-refractivity contribution in [2.24, 2.45) is 0 Å². The van der Waals surface area contributed by atoms with E-state index in [2.05, 4.69) is 11.8 Å². The third kappa shape index (κ3) is 7.59. The second-order valence-electron chi connectivity index (χ2n) is 5.66. The highest BCUT2D eigenvalue weighted by Crippen LogP contribution is 2.30. The van der Waals surface area contributed by atoms with Gasteiger partial charge in [-0.3, -0.25) is 4.79 Å². The lowest BCUT2D eigenvalue weighted by atomic mass is 10.1. The molecule has 25 heavy (non-hydrogen) atoms. The summed E-state index contributed by atoms with van der Waals surface area (Å²) < 4.78 is 22.0. The van der Waals surface area contributed by atoms with Crippen molar-refractivity contribution < 1.29 is 23.7 Å². The zero-order valence-corrected chi connectivity index (χ0v) is 15.8. The number of benzene rings is 1. The minimum absolute atomic E-state index is 0.189. The number of carbonyl (C=O) groups excluding carboxylic acids is 1. The molecule has 0 aliphatic carbocycles. The highest BCUT2D eigenvalue weighted by atomic mass is 16.7. The lowest BCUT2D eigenvalue weighted by Gasteiger charge is -2.24. The Morgan fingerprint density at radius 2 is 1.88 bits per heavy atom. The van der Waals surface area contributed by atoms with Gasteiger partial charge < -0.3 is 18.9 Å². The number of rotatable bonds is 4. The minimum atomic E-state index is -0.829. The van der Waals surface area contributed by atoms with Gasteiger partial charge in [-0.05, 0) is 26.3 Å². The molecule has 0 aromatic heterocycles. The first-order valence-electron chi connectivity index (χ1n) is 8.62. The Hall–Kier alpha value is -2.03. The van der Waals surface area contributed by atoms with Crippen molar-refractivity contribution in [1.29, 1.82) is 0 Å². The molecule has 1 aromatic carbocycles. The summed E-state index contributed by atoms with van der Waals surface area (Å²) in [6.07, 6.45) is 0.501. The van der Waals surface area contributed by atoms with Crippen molar-refractivity contribution in [2.75, 3.05) is 19.8 Å². The van der Waals surface area contributed by atoms with Gasteiger partial charge in [0.1, 0.15) is 12.4 Å². The van der Waals surface area contributed by atoms with Gasteiger partial charge in [0, 0.05) is 12.5 Å². The van der Waals surface area contributed by atoms with Crippen LogP contribution in [0, 0.1) is 11.8 Å². The smallest absolute Gasteiger partial charge is 0.304 e. The fourth-order valence-corrected chi connectivity index (χ4v) is 2.22. The van der Waals surface area contributed by atoms with Crippen molar-refractivity contribution in [3.05, 3.63) is 29.8 Å². The SMILES string of the molecule is CC.CC(=O)OC(C)(C)C#CCOc1ccccc1C1OCCCO1. The maximum absolute atomic E-state index is 11.0. The van der Waals surface area contributed by atoms with Crippen molar-refractivity contribution in [2.45, 2.75) is 52.9 Å². The van der Waals surface area contributed by atoms with E-state index in [1.165, 1.54) is 6.92 Å². The van der Waals surface area contributed by atoms with Crippen LogP contribution in [0.25, 0.3) is 0 Å². The number of ether oxygens (including phenoxy) is 4. The van der Waals surface area contributed by atoms with Gasteiger partial charge in [-0.15, -0.1) is 0 Å². The topological polar surface area (TPSA) is 54.0 Å². The Labute approximate surface area is 150 Å². The molecule has 138 valence electrons. The summed E-state index contributed by atoms with van der Waals surface area (Å²) in [5, 5.41) is 0. The monoisotopic (exact) mass is 348 g/mol. The second kappa shape index (κ2) is 10.8. The van der Waals surface area contributed by atoms with Crippen molar-refractivity contribution in [3.63, 3.8) is 0 Å². The first kappa shape index (κ1) is 21.0. The van der Waals surface area contributed by atoms with Crippen LogP contribution in [0.4, 0.5) is 0 Å². The molecule has 5 nitrogen and oxygen atoms in total. The van der Waals surface area contributed by atoms with Gasteiger partial charge in [0.15, 0.2) is 11.9 Å². The molecular weight excluding hydrogens is 320 g/mol. The molecule has 2 rings (SSSR count). The zero-order valence-electron chi connectivity index (χ0n) is 15.8. The van der Waals surface area contributed by atoms with Gasteiger partial charge >= 0.3 is 5.97 Å². The maximum atomic E-state index is 11.0. The van der Waals surface area contributed by atoms with Crippen LogP contribution in [0.5, 0.6) is 5.75 Å². The lowest BCUT2D eigenvalue weighted by Crippen LogP contribution is -2.24. The molecule has 0 atom stereocenters. The van der Waals surface area contributed by atoms with Crippen LogP contribution in [0.3, 0.4) is 0 Å². The van der Waals surface area contributed by atoms with E-state index in [0.717, 1.165) is 12.0 Å². The third-order valence-electron chi connectivity index (χ3n) is 3.09. The van der Waals surface area contributed by atoms with Crippen LogP contribution >= 0.6 is 0 Å².